The van der Waals surface area contributed by atoms with Crippen LogP contribution in [0.5, 0.6) is 11.5 Å². The van der Waals surface area contributed by atoms with E-state index < -0.39 is 0 Å². The lowest BCUT2D eigenvalue weighted by molar-refractivity contribution is 0.0976. The van der Waals surface area contributed by atoms with Crippen LogP contribution in [-0.2, 0) is 0 Å². The van der Waals surface area contributed by atoms with Gasteiger partial charge < -0.3 is 20.1 Å². The van der Waals surface area contributed by atoms with E-state index in [-0.39, 0.29) is 28.7 Å². The van der Waals surface area contributed by atoms with Gasteiger partial charge in [0, 0.05) is 22.0 Å². The molecule has 0 aromatic heterocycles. The quantitative estimate of drug-likeness (QED) is 0.443. The number of hydrogen-bond acceptors (Lipinski definition) is 5. The van der Waals surface area contributed by atoms with E-state index in [1.165, 1.54) is 6.07 Å². The van der Waals surface area contributed by atoms with Crippen LogP contribution < -0.4 is 25.4 Å². The molecule has 0 bridgehead atoms. The Labute approximate surface area is 198 Å². The molecule has 3 aromatic carbocycles. The lowest BCUT2D eigenvalue weighted by Crippen LogP contribution is -2.34. The van der Waals surface area contributed by atoms with E-state index >= 15 is 0 Å². The topological polar surface area (TPSA) is 88.7 Å². The van der Waals surface area contributed by atoms with Gasteiger partial charge in [-0.25, -0.2) is 0 Å². The molecule has 3 N–H and O–H groups in total. The summed E-state index contributed by atoms with van der Waals surface area (Å²) in [4.78, 5) is 24.8. The summed E-state index contributed by atoms with van der Waals surface area (Å²) in [5.74, 6) is 0.352. The zero-order valence-electron chi connectivity index (χ0n) is 16.3. The van der Waals surface area contributed by atoms with Crippen LogP contribution in [0.25, 0.3) is 0 Å². The molecule has 1 aliphatic heterocycles. The monoisotopic (exact) mass is 487 g/mol. The van der Waals surface area contributed by atoms with Crippen molar-refractivity contribution in [2.75, 3.05) is 17.4 Å². The zero-order valence-corrected chi connectivity index (χ0v) is 18.6. The molecule has 0 aliphatic carbocycles. The van der Waals surface area contributed by atoms with Crippen molar-refractivity contribution in [3.8, 4) is 11.5 Å². The number of benzene rings is 3. The first kappa shape index (κ1) is 21.9. The van der Waals surface area contributed by atoms with Gasteiger partial charge >= 0.3 is 0 Å². The Kier molecular flexibility index (Phi) is 6.45. The summed E-state index contributed by atoms with van der Waals surface area (Å²) in [7, 11) is 0. The van der Waals surface area contributed by atoms with Gasteiger partial charge in [-0.05, 0) is 72.9 Å². The molecule has 0 radical (unpaired) electrons. The Morgan fingerprint density at radius 1 is 0.812 bits per heavy atom. The van der Waals surface area contributed by atoms with E-state index in [0.29, 0.717) is 39.0 Å². The highest BCUT2D eigenvalue weighted by molar-refractivity contribution is 7.80. The van der Waals surface area contributed by atoms with Gasteiger partial charge in [0.2, 0.25) is 6.79 Å². The normalized spacial score (nSPS) is 11.6. The number of thiocarbonyl (C=S) groups is 1. The highest BCUT2D eigenvalue weighted by atomic mass is 35.5. The third-order valence-electron chi connectivity index (χ3n) is 4.44. The van der Waals surface area contributed by atoms with Gasteiger partial charge in [0.1, 0.15) is 0 Å². The number of fused-ring (bicyclic) bond motifs is 1. The summed E-state index contributed by atoms with van der Waals surface area (Å²) in [5.41, 5.74) is 1.88. The van der Waals surface area contributed by atoms with Crippen molar-refractivity contribution in [3.63, 3.8) is 0 Å². The summed E-state index contributed by atoms with van der Waals surface area (Å²) >= 11 is 17.1. The first-order chi connectivity index (χ1) is 15.4. The third kappa shape index (κ3) is 5.11. The van der Waals surface area contributed by atoms with E-state index in [9.17, 15) is 9.59 Å². The first-order valence-corrected chi connectivity index (χ1v) is 10.4. The average molecular weight is 488 g/mol. The van der Waals surface area contributed by atoms with Gasteiger partial charge in [-0.15, -0.1) is 0 Å². The molecule has 0 unspecified atom stereocenters. The standard InChI is InChI=1S/C22H15Cl2N3O4S/c23-13-2-7-16(17(24)10-13)21(29)25-14-3-5-15(6-4-14)26-22(32)27-20(28)12-1-8-18-19(9-12)31-11-30-18/h1-10H,11H2,(H,25,29)(H2,26,27,28,32). The van der Waals surface area contributed by atoms with E-state index in [1.54, 1.807) is 54.6 Å². The Balaban J connectivity index is 1.33. The molecule has 10 heteroatoms. The minimum atomic E-state index is -0.385. The fourth-order valence-electron chi connectivity index (χ4n) is 2.88. The van der Waals surface area contributed by atoms with Crippen LogP contribution in [0, 0.1) is 0 Å². The Morgan fingerprint density at radius 3 is 2.22 bits per heavy atom. The molecule has 32 heavy (non-hydrogen) atoms. The Bertz CT molecular complexity index is 1220. The van der Waals surface area contributed by atoms with Crippen molar-refractivity contribution in [2.24, 2.45) is 0 Å². The summed E-state index contributed by atoms with van der Waals surface area (Å²) in [6.07, 6.45) is 0. The second-order valence-corrected chi connectivity index (χ2v) is 7.88. The maximum atomic E-state index is 12.4. The van der Waals surface area contributed by atoms with Crippen molar-refractivity contribution >= 4 is 63.7 Å². The van der Waals surface area contributed by atoms with Crippen LogP contribution in [0.3, 0.4) is 0 Å². The van der Waals surface area contributed by atoms with Gasteiger partial charge in [-0.3, -0.25) is 14.9 Å². The van der Waals surface area contributed by atoms with Crippen LogP contribution >= 0.6 is 35.4 Å². The molecule has 3 aromatic rings. The third-order valence-corrected chi connectivity index (χ3v) is 5.19. The van der Waals surface area contributed by atoms with Gasteiger partial charge in [-0.1, -0.05) is 23.2 Å². The largest absolute Gasteiger partial charge is 0.454 e. The van der Waals surface area contributed by atoms with Crippen molar-refractivity contribution in [3.05, 3.63) is 81.8 Å². The Hall–Kier alpha value is -3.33. The van der Waals surface area contributed by atoms with E-state index in [0.717, 1.165) is 0 Å². The predicted octanol–water partition coefficient (Wildman–Crippen LogP) is 5.10. The molecule has 0 spiro atoms. The zero-order chi connectivity index (χ0) is 22.7. The number of nitrogens with one attached hydrogen (secondary N) is 3. The minimum absolute atomic E-state index is 0.123. The maximum absolute atomic E-state index is 12.4. The van der Waals surface area contributed by atoms with Crippen LogP contribution in [0.4, 0.5) is 11.4 Å². The number of rotatable bonds is 4. The number of anilines is 2. The van der Waals surface area contributed by atoms with Crippen molar-refractivity contribution in [2.45, 2.75) is 0 Å². The fourth-order valence-corrected chi connectivity index (χ4v) is 3.59. The number of amides is 2. The number of carbonyl (C=O) groups is 2. The molecule has 1 aliphatic rings. The lowest BCUT2D eigenvalue weighted by Gasteiger charge is -2.11. The summed E-state index contributed by atoms with van der Waals surface area (Å²) < 4.78 is 10.5. The molecular formula is C22H15Cl2N3O4S. The molecule has 0 saturated carbocycles. The molecule has 4 rings (SSSR count). The summed E-state index contributed by atoms with van der Waals surface area (Å²) in [5, 5.41) is 9.11. The van der Waals surface area contributed by atoms with Gasteiger partial charge in [-0.2, -0.15) is 0 Å². The summed E-state index contributed by atoms with van der Waals surface area (Å²) in [6.45, 7) is 0.129. The van der Waals surface area contributed by atoms with Crippen molar-refractivity contribution < 1.29 is 19.1 Å². The van der Waals surface area contributed by atoms with Gasteiger partial charge in [0.15, 0.2) is 16.6 Å². The molecule has 0 saturated heterocycles. The average Bonchev–Trinajstić information content (AvgIpc) is 3.23. The van der Waals surface area contributed by atoms with Crippen molar-refractivity contribution in [1.82, 2.24) is 5.32 Å². The number of ether oxygens (including phenoxy) is 2. The second kappa shape index (κ2) is 9.44. The van der Waals surface area contributed by atoms with E-state index in [1.807, 2.05) is 0 Å². The molecule has 162 valence electrons. The number of hydrogen-bond donors (Lipinski definition) is 3. The molecule has 0 fully saturated rings. The molecule has 0 atom stereocenters. The maximum Gasteiger partial charge on any atom is 0.257 e. The Morgan fingerprint density at radius 2 is 1.50 bits per heavy atom. The summed E-state index contributed by atoms with van der Waals surface area (Å²) in [6, 6.07) is 16.3. The van der Waals surface area contributed by atoms with E-state index in [4.69, 9.17) is 44.9 Å². The molecular weight excluding hydrogens is 473 g/mol. The van der Waals surface area contributed by atoms with Gasteiger partial charge in [0.25, 0.3) is 11.8 Å². The molecule has 2 amide bonds. The second-order valence-electron chi connectivity index (χ2n) is 6.63. The number of carbonyl (C=O) groups excluding carboxylic acids is 2. The molecule has 7 nitrogen and oxygen atoms in total. The smallest absolute Gasteiger partial charge is 0.257 e. The SMILES string of the molecule is O=C(NC(=S)Nc1ccc(NC(=O)c2ccc(Cl)cc2Cl)cc1)c1ccc2c(c1)OCO2. The lowest BCUT2D eigenvalue weighted by atomic mass is 10.2. The highest BCUT2D eigenvalue weighted by Gasteiger charge is 2.17. The van der Waals surface area contributed by atoms with Crippen LogP contribution in [-0.4, -0.2) is 23.7 Å². The van der Waals surface area contributed by atoms with Crippen LogP contribution in [0.15, 0.2) is 60.7 Å². The van der Waals surface area contributed by atoms with Gasteiger partial charge in [0.05, 0.1) is 10.6 Å². The van der Waals surface area contributed by atoms with Crippen LogP contribution in [0.1, 0.15) is 20.7 Å². The highest BCUT2D eigenvalue weighted by Crippen LogP contribution is 2.32. The predicted molar refractivity (Wildman–Crippen MR) is 127 cm³/mol. The molecule has 1 heterocycles. The first-order valence-electron chi connectivity index (χ1n) is 9.27. The number of halogens is 2. The van der Waals surface area contributed by atoms with E-state index in [2.05, 4.69) is 16.0 Å². The van der Waals surface area contributed by atoms with Crippen molar-refractivity contribution in [1.29, 1.82) is 0 Å². The fraction of sp³-hybridized carbons (Fsp3) is 0.0455. The van der Waals surface area contributed by atoms with Crippen LogP contribution in [0.2, 0.25) is 10.0 Å². The minimum Gasteiger partial charge on any atom is -0.454 e.